The molecule has 4 nitrogen and oxygen atoms in total. The second-order valence-corrected chi connectivity index (χ2v) is 4.17. The fourth-order valence-electron chi connectivity index (χ4n) is 1.55. The van der Waals surface area contributed by atoms with E-state index in [0.717, 1.165) is 23.4 Å². The second kappa shape index (κ2) is 5.49. The maximum atomic E-state index is 11.0. The molecule has 18 heavy (non-hydrogen) atoms. The van der Waals surface area contributed by atoms with E-state index in [1.54, 1.807) is 6.07 Å². The van der Waals surface area contributed by atoms with Crippen LogP contribution in [0.2, 0.25) is 0 Å². The number of H-pyrrole nitrogens is 1. The highest BCUT2D eigenvalue weighted by Crippen LogP contribution is 2.22. The van der Waals surface area contributed by atoms with Gasteiger partial charge >= 0.3 is 0 Å². The Morgan fingerprint density at radius 3 is 2.83 bits per heavy atom. The normalized spacial score (nSPS) is 12.1. The Morgan fingerprint density at radius 2 is 2.17 bits per heavy atom. The quantitative estimate of drug-likeness (QED) is 0.899. The summed E-state index contributed by atoms with van der Waals surface area (Å²) >= 11 is 0. The molecule has 1 heterocycles. The molecule has 1 aromatic carbocycles. The Hall–Kier alpha value is -2.10. The van der Waals surface area contributed by atoms with Crippen LogP contribution in [0.5, 0.6) is 5.75 Å². The van der Waals surface area contributed by atoms with Gasteiger partial charge in [0, 0.05) is 11.6 Å². The van der Waals surface area contributed by atoms with Crippen molar-refractivity contribution in [2.45, 2.75) is 26.4 Å². The van der Waals surface area contributed by atoms with Crippen LogP contribution in [0.4, 0.5) is 0 Å². The van der Waals surface area contributed by atoms with Crippen LogP contribution in [0.1, 0.15) is 20.3 Å². The average molecular weight is 244 g/mol. The third-order valence-corrected chi connectivity index (χ3v) is 2.72. The van der Waals surface area contributed by atoms with E-state index >= 15 is 0 Å². The minimum absolute atomic E-state index is 0.184. The molecule has 1 unspecified atom stereocenters. The summed E-state index contributed by atoms with van der Waals surface area (Å²) < 4.78 is 5.75. The van der Waals surface area contributed by atoms with Gasteiger partial charge < -0.3 is 4.74 Å². The lowest BCUT2D eigenvalue weighted by molar-refractivity contribution is 0.217. The van der Waals surface area contributed by atoms with Crippen molar-refractivity contribution in [3.05, 3.63) is 46.8 Å². The van der Waals surface area contributed by atoms with Gasteiger partial charge in [0.05, 0.1) is 11.8 Å². The molecule has 0 amide bonds. The highest BCUT2D eigenvalue weighted by Gasteiger charge is 2.04. The largest absolute Gasteiger partial charge is 0.491 e. The first-order valence-electron chi connectivity index (χ1n) is 6.02. The molecular formula is C14H16N2O2. The van der Waals surface area contributed by atoms with Gasteiger partial charge in [-0.1, -0.05) is 19.1 Å². The van der Waals surface area contributed by atoms with Crippen LogP contribution in [0.25, 0.3) is 11.3 Å². The molecule has 0 radical (unpaired) electrons. The van der Waals surface area contributed by atoms with Gasteiger partial charge in [-0.25, -0.2) is 5.10 Å². The molecule has 0 bridgehead atoms. The van der Waals surface area contributed by atoms with Crippen LogP contribution in [-0.4, -0.2) is 16.3 Å². The Bertz CT molecular complexity index is 558. The predicted octanol–water partition coefficient (Wildman–Crippen LogP) is 2.61. The van der Waals surface area contributed by atoms with Gasteiger partial charge in [-0.2, -0.15) is 5.10 Å². The summed E-state index contributed by atoms with van der Waals surface area (Å²) in [6, 6.07) is 10.9. The Balaban J connectivity index is 2.26. The lowest BCUT2D eigenvalue weighted by atomic mass is 10.1. The maximum Gasteiger partial charge on any atom is 0.264 e. The van der Waals surface area contributed by atoms with Gasteiger partial charge in [-0.3, -0.25) is 4.79 Å². The van der Waals surface area contributed by atoms with Gasteiger partial charge in [0.1, 0.15) is 5.75 Å². The fourth-order valence-corrected chi connectivity index (χ4v) is 1.55. The molecule has 2 rings (SSSR count). The van der Waals surface area contributed by atoms with Crippen molar-refractivity contribution in [3.63, 3.8) is 0 Å². The summed E-state index contributed by atoms with van der Waals surface area (Å²) in [5.41, 5.74) is 1.45. The molecule has 2 aromatic rings. The molecule has 1 atom stereocenters. The van der Waals surface area contributed by atoms with Crippen LogP contribution >= 0.6 is 0 Å². The molecule has 94 valence electrons. The van der Waals surface area contributed by atoms with E-state index in [1.165, 1.54) is 6.07 Å². The first kappa shape index (κ1) is 12.4. The predicted molar refractivity (Wildman–Crippen MR) is 70.7 cm³/mol. The zero-order valence-electron chi connectivity index (χ0n) is 10.5. The van der Waals surface area contributed by atoms with Crippen molar-refractivity contribution in [1.29, 1.82) is 0 Å². The molecule has 1 N–H and O–H groups in total. The topological polar surface area (TPSA) is 55.0 Å². The SMILES string of the molecule is CCC(C)Oc1cccc(-c2ccc(=O)[nH]n2)c1. The second-order valence-electron chi connectivity index (χ2n) is 4.17. The smallest absolute Gasteiger partial charge is 0.264 e. The molecule has 0 aliphatic heterocycles. The number of aromatic nitrogens is 2. The van der Waals surface area contributed by atoms with Gasteiger partial charge in [-0.15, -0.1) is 0 Å². The summed E-state index contributed by atoms with van der Waals surface area (Å²) in [5, 5.41) is 6.42. The van der Waals surface area contributed by atoms with E-state index in [1.807, 2.05) is 31.2 Å². The zero-order valence-corrected chi connectivity index (χ0v) is 10.5. The number of aromatic amines is 1. The van der Waals surface area contributed by atoms with E-state index in [-0.39, 0.29) is 11.7 Å². The molecule has 0 aliphatic rings. The molecule has 1 aromatic heterocycles. The number of rotatable bonds is 4. The van der Waals surface area contributed by atoms with Crippen molar-refractivity contribution >= 4 is 0 Å². The van der Waals surface area contributed by atoms with Crippen molar-refractivity contribution in [2.24, 2.45) is 0 Å². The number of nitrogens with one attached hydrogen (secondary N) is 1. The van der Waals surface area contributed by atoms with Crippen LogP contribution in [0.3, 0.4) is 0 Å². The lowest BCUT2D eigenvalue weighted by Gasteiger charge is -2.13. The first-order valence-corrected chi connectivity index (χ1v) is 6.02. The molecule has 0 aliphatic carbocycles. The fraction of sp³-hybridized carbons (Fsp3) is 0.286. The third-order valence-electron chi connectivity index (χ3n) is 2.72. The summed E-state index contributed by atoms with van der Waals surface area (Å²) in [6.45, 7) is 4.11. The Kier molecular flexibility index (Phi) is 3.77. The average Bonchev–Trinajstić information content (AvgIpc) is 2.40. The number of hydrogen-bond donors (Lipinski definition) is 1. The minimum Gasteiger partial charge on any atom is -0.491 e. The van der Waals surface area contributed by atoms with Crippen molar-refractivity contribution in [3.8, 4) is 17.0 Å². The molecule has 0 fully saturated rings. The molecule has 0 spiro atoms. The van der Waals surface area contributed by atoms with Gasteiger partial charge in [-0.05, 0) is 31.5 Å². The number of benzene rings is 1. The maximum absolute atomic E-state index is 11.0. The first-order chi connectivity index (χ1) is 8.69. The van der Waals surface area contributed by atoms with E-state index < -0.39 is 0 Å². The summed E-state index contributed by atoms with van der Waals surface area (Å²) in [7, 11) is 0. The van der Waals surface area contributed by atoms with Crippen molar-refractivity contribution < 1.29 is 4.74 Å². The zero-order chi connectivity index (χ0) is 13.0. The van der Waals surface area contributed by atoms with Gasteiger partial charge in [0.15, 0.2) is 0 Å². The molecule has 4 heteroatoms. The van der Waals surface area contributed by atoms with Crippen LogP contribution in [-0.2, 0) is 0 Å². The summed E-state index contributed by atoms with van der Waals surface area (Å²) in [5.74, 6) is 0.815. The van der Waals surface area contributed by atoms with Crippen molar-refractivity contribution in [2.75, 3.05) is 0 Å². The van der Waals surface area contributed by atoms with E-state index in [2.05, 4.69) is 17.1 Å². The van der Waals surface area contributed by atoms with Crippen LogP contribution in [0.15, 0.2) is 41.2 Å². The highest BCUT2D eigenvalue weighted by molar-refractivity contribution is 5.60. The standard InChI is InChI=1S/C14H16N2O2/c1-3-10(2)18-12-6-4-5-11(9-12)13-7-8-14(17)16-15-13/h4-10H,3H2,1-2H3,(H,16,17). The molecular weight excluding hydrogens is 228 g/mol. The minimum atomic E-state index is -0.203. The highest BCUT2D eigenvalue weighted by atomic mass is 16.5. The molecule has 0 saturated carbocycles. The van der Waals surface area contributed by atoms with Gasteiger partial charge in [0.2, 0.25) is 0 Å². The monoisotopic (exact) mass is 244 g/mol. The number of hydrogen-bond acceptors (Lipinski definition) is 3. The van der Waals surface area contributed by atoms with Crippen LogP contribution < -0.4 is 10.3 Å². The van der Waals surface area contributed by atoms with Crippen molar-refractivity contribution in [1.82, 2.24) is 10.2 Å². The van der Waals surface area contributed by atoms with E-state index in [9.17, 15) is 4.79 Å². The number of ether oxygens (including phenoxy) is 1. The van der Waals surface area contributed by atoms with Crippen LogP contribution in [0, 0.1) is 0 Å². The third kappa shape index (κ3) is 2.97. The van der Waals surface area contributed by atoms with E-state index in [0.29, 0.717) is 0 Å². The Morgan fingerprint density at radius 1 is 1.33 bits per heavy atom. The van der Waals surface area contributed by atoms with E-state index in [4.69, 9.17) is 4.74 Å². The Labute approximate surface area is 106 Å². The lowest BCUT2D eigenvalue weighted by Crippen LogP contribution is -2.09. The van der Waals surface area contributed by atoms with Gasteiger partial charge in [0.25, 0.3) is 5.56 Å². The summed E-state index contributed by atoms with van der Waals surface area (Å²) in [4.78, 5) is 11.0. The molecule has 0 saturated heterocycles. The number of nitrogens with zero attached hydrogens (tertiary/aromatic N) is 1. The summed E-state index contributed by atoms with van der Waals surface area (Å²) in [6.07, 6.45) is 1.14.